The maximum Gasteiger partial charge on any atom is 0.174 e. The van der Waals surface area contributed by atoms with Crippen molar-refractivity contribution in [2.24, 2.45) is 11.8 Å². The van der Waals surface area contributed by atoms with E-state index in [1.807, 2.05) is 65.8 Å². The molecule has 0 aliphatic heterocycles. The number of aliphatic hydroxyl groups is 1. The minimum atomic E-state index is -0.340. The van der Waals surface area contributed by atoms with E-state index >= 15 is 4.39 Å². The first-order chi connectivity index (χ1) is 24.7. The van der Waals surface area contributed by atoms with E-state index in [4.69, 9.17) is 9.40 Å². The van der Waals surface area contributed by atoms with Crippen LogP contribution in [0.5, 0.6) is 0 Å². The molecule has 281 valence electrons. The fourth-order valence-corrected chi connectivity index (χ4v) is 7.48. The number of carbonyl (C=O) groups is 1. The standard InChI is InChI=1S/C34H29FNO.C13H24O2.Ir/c1-19-15-20(2)29(21(3)16-19)27-12-11-25-26-13-14-36-31(33(26)37-32(25)30(27)35)23-17-22-9-7-8-10-24(22)28(18-23)34(4,5)6;1-5-10(6-2)12(14)9-13(15)11(7-3)8-4;/h7-16,18H,1-6H3;9-11,14H,5-8H2,1-4H3;/q-1;;/b;12-9-;. The fourth-order valence-electron chi connectivity index (χ4n) is 7.48. The third-order valence-corrected chi connectivity index (χ3v) is 10.4. The van der Waals surface area contributed by atoms with Crippen LogP contribution < -0.4 is 0 Å². The van der Waals surface area contributed by atoms with Crippen molar-refractivity contribution in [1.82, 2.24) is 4.98 Å². The van der Waals surface area contributed by atoms with Crippen LogP contribution in [-0.4, -0.2) is 15.9 Å². The zero-order valence-corrected chi connectivity index (χ0v) is 35.2. The molecule has 0 bridgehead atoms. The van der Waals surface area contributed by atoms with Gasteiger partial charge in [0.15, 0.2) is 17.2 Å². The minimum Gasteiger partial charge on any atom is -0.512 e. The molecule has 4 aromatic carbocycles. The minimum absolute atomic E-state index is 0. The molecular weight excluding hydrogens is 838 g/mol. The van der Waals surface area contributed by atoms with E-state index in [1.165, 1.54) is 22.6 Å². The van der Waals surface area contributed by atoms with Gasteiger partial charge in [0.25, 0.3) is 0 Å². The number of nitrogens with zero attached hydrogens (tertiary/aromatic N) is 1. The van der Waals surface area contributed by atoms with Crippen molar-refractivity contribution in [3.8, 4) is 22.4 Å². The molecule has 0 saturated carbocycles. The topological polar surface area (TPSA) is 63.3 Å². The molecule has 0 aliphatic rings. The summed E-state index contributed by atoms with van der Waals surface area (Å²) in [6, 6.07) is 23.9. The molecule has 0 atom stereocenters. The van der Waals surface area contributed by atoms with E-state index in [1.54, 1.807) is 6.20 Å². The van der Waals surface area contributed by atoms with Gasteiger partial charge in [0.2, 0.25) is 0 Å². The summed E-state index contributed by atoms with van der Waals surface area (Å²) in [5.41, 5.74) is 8.25. The van der Waals surface area contributed by atoms with Crippen LogP contribution in [-0.2, 0) is 30.3 Å². The second-order valence-corrected chi connectivity index (χ2v) is 15.1. The first kappa shape index (κ1) is 41.6. The van der Waals surface area contributed by atoms with Crippen LogP contribution >= 0.6 is 0 Å². The fraction of sp³-hybridized carbons (Fsp3) is 0.362. The average molecular weight is 891 g/mol. The summed E-state index contributed by atoms with van der Waals surface area (Å²) in [5, 5.41) is 13.6. The molecular formula is C47H53FIrNO3-. The van der Waals surface area contributed by atoms with Gasteiger partial charge in [-0.05, 0) is 80.7 Å². The van der Waals surface area contributed by atoms with Gasteiger partial charge >= 0.3 is 0 Å². The Hall–Kier alpha value is -4.12. The molecule has 1 radical (unpaired) electrons. The molecule has 0 spiro atoms. The number of furan rings is 1. The number of aliphatic hydroxyl groups excluding tert-OH is 1. The van der Waals surface area contributed by atoms with Gasteiger partial charge in [-0.3, -0.25) is 9.78 Å². The molecule has 2 aromatic heterocycles. The van der Waals surface area contributed by atoms with Gasteiger partial charge in [0.1, 0.15) is 5.58 Å². The molecule has 6 aromatic rings. The third-order valence-electron chi connectivity index (χ3n) is 10.4. The van der Waals surface area contributed by atoms with Gasteiger partial charge in [-0.25, -0.2) is 4.39 Å². The van der Waals surface area contributed by atoms with E-state index < -0.39 is 0 Å². The Kier molecular flexibility index (Phi) is 13.6. The summed E-state index contributed by atoms with van der Waals surface area (Å²) >= 11 is 0. The molecule has 2 heterocycles. The van der Waals surface area contributed by atoms with Crippen LogP contribution in [0, 0.1) is 44.5 Å². The van der Waals surface area contributed by atoms with E-state index in [2.05, 4.69) is 70.2 Å². The number of carbonyl (C=O) groups excluding carboxylic acids is 1. The zero-order valence-electron chi connectivity index (χ0n) is 32.8. The number of allylic oxidation sites excluding steroid dienone is 2. The normalized spacial score (nSPS) is 12.1. The van der Waals surface area contributed by atoms with Crippen LogP contribution in [0.25, 0.3) is 55.1 Å². The van der Waals surface area contributed by atoms with Crippen molar-refractivity contribution in [1.29, 1.82) is 0 Å². The summed E-state index contributed by atoms with van der Waals surface area (Å²) in [6.07, 6.45) is 6.68. The quantitative estimate of drug-likeness (QED) is 0.0892. The van der Waals surface area contributed by atoms with E-state index in [9.17, 15) is 9.90 Å². The smallest absolute Gasteiger partial charge is 0.174 e. The largest absolute Gasteiger partial charge is 0.512 e. The second-order valence-electron chi connectivity index (χ2n) is 15.1. The maximum absolute atomic E-state index is 16.1. The van der Waals surface area contributed by atoms with Gasteiger partial charge in [0.05, 0.1) is 5.76 Å². The van der Waals surface area contributed by atoms with Gasteiger partial charge in [-0.2, -0.15) is 0 Å². The van der Waals surface area contributed by atoms with Crippen LogP contribution in [0.4, 0.5) is 4.39 Å². The number of aryl methyl sites for hydroxylation is 3. The molecule has 0 unspecified atom stereocenters. The number of halogens is 1. The molecule has 0 fully saturated rings. The number of fused-ring (bicyclic) bond motifs is 4. The van der Waals surface area contributed by atoms with Crippen molar-refractivity contribution in [3.63, 3.8) is 0 Å². The second kappa shape index (κ2) is 17.3. The van der Waals surface area contributed by atoms with Crippen molar-refractivity contribution in [2.75, 3.05) is 0 Å². The van der Waals surface area contributed by atoms with Crippen LogP contribution in [0.15, 0.2) is 83.1 Å². The summed E-state index contributed by atoms with van der Waals surface area (Å²) < 4.78 is 22.4. The summed E-state index contributed by atoms with van der Waals surface area (Å²) in [6.45, 7) is 20.8. The summed E-state index contributed by atoms with van der Waals surface area (Å²) in [7, 11) is 0. The molecule has 0 amide bonds. The van der Waals surface area contributed by atoms with E-state index in [0.717, 1.165) is 64.1 Å². The number of rotatable bonds is 9. The Morgan fingerprint density at radius 1 is 0.849 bits per heavy atom. The van der Waals surface area contributed by atoms with Crippen molar-refractivity contribution in [2.45, 2.75) is 100 Å². The maximum atomic E-state index is 16.1. The molecule has 6 heteroatoms. The van der Waals surface area contributed by atoms with Crippen LogP contribution in [0.1, 0.15) is 96.4 Å². The predicted octanol–water partition coefficient (Wildman–Crippen LogP) is 13.5. The Morgan fingerprint density at radius 2 is 1.45 bits per heavy atom. The third kappa shape index (κ3) is 8.66. The van der Waals surface area contributed by atoms with Crippen molar-refractivity contribution >= 4 is 38.5 Å². The van der Waals surface area contributed by atoms with Crippen molar-refractivity contribution < 1.29 is 38.8 Å². The molecule has 53 heavy (non-hydrogen) atoms. The van der Waals surface area contributed by atoms with Crippen molar-refractivity contribution in [3.05, 3.63) is 113 Å². The molecule has 1 N–H and O–H groups in total. The number of ketones is 1. The van der Waals surface area contributed by atoms with E-state index in [0.29, 0.717) is 16.8 Å². The monoisotopic (exact) mass is 891 g/mol. The number of pyridine rings is 1. The predicted molar refractivity (Wildman–Crippen MR) is 215 cm³/mol. The first-order valence-electron chi connectivity index (χ1n) is 18.7. The first-order valence-corrected chi connectivity index (χ1v) is 18.7. The van der Waals surface area contributed by atoms with Crippen LogP contribution in [0.3, 0.4) is 0 Å². The molecule has 0 saturated heterocycles. The van der Waals surface area contributed by atoms with Gasteiger partial charge in [0, 0.05) is 66.2 Å². The number of benzene rings is 4. The molecule has 6 rings (SSSR count). The van der Waals surface area contributed by atoms with Crippen LogP contribution in [0.2, 0.25) is 0 Å². The van der Waals surface area contributed by atoms with Gasteiger partial charge < -0.3 is 9.52 Å². The Balaban J connectivity index is 0.000000335. The zero-order chi connectivity index (χ0) is 37.9. The number of hydrogen-bond donors (Lipinski definition) is 1. The SMILES string of the molecule is CCC(CC)C(=O)/C=C(\O)C(CC)CC.Cc1cc(C)c(-c2ccc3c(oc4c(-c5[c-]c6ccccc6c(C(C)(C)C)c5)nccc43)c2F)c(C)c1.[Ir]. The Labute approximate surface area is 328 Å². The number of aromatic nitrogens is 1. The Morgan fingerprint density at radius 3 is 2.06 bits per heavy atom. The summed E-state index contributed by atoms with van der Waals surface area (Å²) in [5.74, 6) is 0.207. The Bertz CT molecular complexity index is 2250. The van der Waals surface area contributed by atoms with Gasteiger partial charge in [-0.1, -0.05) is 101 Å². The van der Waals surface area contributed by atoms with Gasteiger partial charge in [-0.15, -0.1) is 29.1 Å². The van der Waals surface area contributed by atoms with E-state index in [-0.39, 0.29) is 60.3 Å². The summed E-state index contributed by atoms with van der Waals surface area (Å²) in [4.78, 5) is 16.4. The molecule has 4 nitrogen and oxygen atoms in total. The number of hydrogen-bond acceptors (Lipinski definition) is 4. The molecule has 0 aliphatic carbocycles. The average Bonchev–Trinajstić information content (AvgIpc) is 3.49.